The number of carbonyl (C=O) groups is 1. The molecule has 28 heavy (non-hydrogen) atoms. The monoisotopic (exact) mass is 380 g/mol. The third-order valence-electron chi connectivity index (χ3n) is 4.29. The van der Waals surface area contributed by atoms with Crippen molar-refractivity contribution in [3.63, 3.8) is 0 Å². The van der Waals surface area contributed by atoms with Crippen molar-refractivity contribution < 1.29 is 4.79 Å². The molecule has 0 aliphatic heterocycles. The Balaban J connectivity index is 1.47. The highest BCUT2D eigenvalue weighted by Gasteiger charge is 2.16. The molecule has 0 aliphatic rings. The molecule has 0 unspecified atom stereocenters. The number of aryl methyl sites for hydroxylation is 3. The van der Waals surface area contributed by atoms with Gasteiger partial charge in [0.1, 0.15) is 11.6 Å². The molecule has 0 atom stereocenters. The van der Waals surface area contributed by atoms with Gasteiger partial charge < -0.3 is 16.0 Å². The van der Waals surface area contributed by atoms with Gasteiger partial charge in [0.05, 0.1) is 11.3 Å². The predicted molar refractivity (Wildman–Crippen MR) is 108 cm³/mol. The number of pyridine rings is 1. The van der Waals surface area contributed by atoms with Crippen LogP contribution in [0.4, 0.5) is 17.5 Å². The van der Waals surface area contributed by atoms with Crippen LogP contribution in [0.25, 0.3) is 0 Å². The van der Waals surface area contributed by atoms with E-state index < -0.39 is 0 Å². The first-order valence-electron chi connectivity index (χ1n) is 8.99. The molecule has 1 amide bonds. The Hall–Kier alpha value is -3.49. The molecule has 0 radical (unpaired) electrons. The molecular weight excluding hydrogens is 356 g/mol. The van der Waals surface area contributed by atoms with Crippen LogP contribution in [-0.4, -0.2) is 44.0 Å². The van der Waals surface area contributed by atoms with Crippen LogP contribution in [0.2, 0.25) is 0 Å². The molecule has 9 heteroatoms. The normalized spacial score (nSPS) is 10.6. The fourth-order valence-corrected chi connectivity index (χ4v) is 2.79. The lowest BCUT2D eigenvalue weighted by Crippen LogP contribution is -2.29. The van der Waals surface area contributed by atoms with Gasteiger partial charge in [-0.25, -0.2) is 4.98 Å². The number of hydrogen-bond donors (Lipinski definition) is 3. The van der Waals surface area contributed by atoms with E-state index in [-0.39, 0.29) is 5.91 Å². The topological polar surface area (TPSA) is 110 Å². The van der Waals surface area contributed by atoms with Crippen molar-refractivity contribution in [3.05, 3.63) is 53.0 Å². The lowest BCUT2D eigenvalue weighted by atomic mass is 10.2. The summed E-state index contributed by atoms with van der Waals surface area (Å²) in [4.78, 5) is 16.6. The van der Waals surface area contributed by atoms with Crippen LogP contribution in [0.15, 0.2) is 30.5 Å². The second-order valence-electron chi connectivity index (χ2n) is 6.50. The first kappa shape index (κ1) is 19.3. The zero-order valence-corrected chi connectivity index (χ0v) is 16.4. The van der Waals surface area contributed by atoms with Crippen molar-refractivity contribution in [1.82, 2.24) is 30.3 Å². The third-order valence-corrected chi connectivity index (χ3v) is 4.29. The molecular formula is C19H24N8O. The number of amides is 1. The molecule has 0 fully saturated rings. The maximum atomic E-state index is 12.3. The van der Waals surface area contributed by atoms with Gasteiger partial charge in [-0.3, -0.25) is 9.48 Å². The van der Waals surface area contributed by atoms with Gasteiger partial charge in [-0.1, -0.05) is 0 Å². The van der Waals surface area contributed by atoms with Crippen molar-refractivity contribution in [1.29, 1.82) is 0 Å². The number of carbonyl (C=O) groups excluding carboxylic acids is 1. The first-order chi connectivity index (χ1) is 13.4. The molecule has 0 aliphatic carbocycles. The number of nitrogens with one attached hydrogen (secondary N) is 3. The highest BCUT2D eigenvalue weighted by atomic mass is 16.1. The van der Waals surface area contributed by atoms with Crippen LogP contribution >= 0.6 is 0 Å². The fourth-order valence-electron chi connectivity index (χ4n) is 2.79. The fraction of sp³-hybridized carbons (Fsp3) is 0.316. The van der Waals surface area contributed by atoms with Crippen LogP contribution in [0.3, 0.4) is 0 Å². The number of hydrogen-bond acceptors (Lipinski definition) is 7. The standard InChI is InChI=1S/C19H24N8O/c1-12-7-8-20-17(11-12)23-16-6-5-15(24-25-16)21-9-10-22-19(28)18-13(2)26-27(4)14(18)3/h5-8,11H,9-10H2,1-4H3,(H,21,24)(H,22,28)(H,20,23,25). The number of anilines is 3. The number of rotatable bonds is 7. The van der Waals surface area contributed by atoms with Gasteiger partial charge in [0, 0.05) is 32.0 Å². The SMILES string of the molecule is Cc1ccnc(Nc2ccc(NCCNC(=O)c3c(C)nn(C)c3C)nn2)c1. The van der Waals surface area contributed by atoms with E-state index in [0.717, 1.165) is 22.8 Å². The first-order valence-corrected chi connectivity index (χ1v) is 8.99. The Morgan fingerprint density at radius 2 is 1.79 bits per heavy atom. The van der Waals surface area contributed by atoms with Crippen LogP contribution in [-0.2, 0) is 7.05 Å². The van der Waals surface area contributed by atoms with Crippen LogP contribution in [0.1, 0.15) is 27.3 Å². The second kappa shape index (κ2) is 8.47. The van der Waals surface area contributed by atoms with E-state index in [1.165, 1.54) is 0 Å². The van der Waals surface area contributed by atoms with Gasteiger partial charge >= 0.3 is 0 Å². The van der Waals surface area contributed by atoms with E-state index in [9.17, 15) is 4.79 Å². The maximum Gasteiger partial charge on any atom is 0.255 e. The molecule has 9 nitrogen and oxygen atoms in total. The summed E-state index contributed by atoms with van der Waals surface area (Å²) in [7, 11) is 1.83. The maximum absolute atomic E-state index is 12.3. The van der Waals surface area contributed by atoms with E-state index in [0.29, 0.717) is 30.3 Å². The molecule has 3 aromatic rings. The van der Waals surface area contributed by atoms with E-state index in [1.807, 2.05) is 52.1 Å². The summed E-state index contributed by atoms with van der Waals surface area (Å²) in [6, 6.07) is 7.50. The minimum Gasteiger partial charge on any atom is -0.367 e. The third kappa shape index (κ3) is 4.61. The van der Waals surface area contributed by atoms with Crippen molar-refractivity contribution in [2.24, 2.45) is 7.05 Å². The summed E-state index contributed by atoms with van der Waals surface area (Å²) in [5.41, 5.74) is 3.31. The molecule has 3 N–H and O–H groups in total. The Kier molecular flexibility index (Phi) is 5.83. The predicted octanol–water partition coefficient (Wildman–Crippen LogP) is 2.12. The molecule has 3 rings (SSSR count). The highest BCUT2D eigenvalue weighted by molar-refractivity contribution is 5.96. The highest BCUT2D eigenvalue weighted by Crippen LogP contribution is 2.13. The average molecular weight is 380 g/mol. The summed E-state index contributed by atoms with van der Waals surface area (Å²) in [6.07, 6.45) is 1.74. The summed E-state index contributed by atoms with van der Waals surface area (Å²) in [6.45, 7) is 6.70. The molecule has 3 aromatic heterocycles. The van der Waals surface area contributed by atoms with E-state index >= 15 is 0 Å². The molecule has 0 bridgehead atoms. The zero-order valence-electron chi connectivity index (χ0n) is 16.4. The molecule has 0 saturated heterocycles. The van der Waals surface area contributed by atoms with Gasteiger partial charge in [0.15, 0.2) is 5.82 Å². The minimum atomic E-state index is -0.124. The Labute approximate surface area is 163 Å². The minimum absolute atomic E-state index is 0.124. The number of aromatic nitrogens is 5. The van der Waals surface area contributed by atoms with Gasteiger partial charge in [-0.05, 0) is 50.6 Å². The lowest BCUT2D eigenvalue weighted by Gasteiger charge is -2.08. The molecule has 0 saturated carbocycles. The molecule has 0 spiro atoms. The van der Waals surface area contributed by atoms with Crippen molar-refractivity contribution in [2.45, 2.75) is 20.8 Å². The van der Waals surface area contributed by atoms with Gasteiger partial charge in [-0.15, -0.1) is 10.2 Å². The largest absolute Gasteiger partial charge is 0.367 e. The lowest BCUT2D eigenvalue weighted by molar-refractivity contribution is 0.0954. The Morgan fingerprint density at radius 3 is 2.43 bits per heavy atom. The van der Waals surface area contributed by atoms with Crippen molar-refractivity contribution in [2.75, 3.05) is 23.7 Å². The summed E-state index contributed by atoms with van der Waals surface area (Å²) >= 11 is 0. The average Bonchev–Trinajstić information content (AvgIpc) is 2.92. The van der Waals surface area contributed by atoms with Crippen LogP contribution in [0.5, 0.6) is 0 Å². The quantitative estimate of drug-likeness (QED) is 0.539. The summed E-state index contributed by atoms with van der Waals surface area (Å²) in [5.74, 6) is 1.84. The Morgan fingerprint density at radius 1 is 1.04 bits per heavy atom. The van der Waals surface area contributed by atoms with E-state index in [4.69, 9.17) is 0 Å². The summed E-state index contributed by atoms with van der Waals surface area (Å²) < 4.78 is 1.71. The van der Waals surface area contributed by atoms with E-state index in [2.05, 4.69) is 36.2 Å². The van der Waals surface area contributed by atoms with Crippen molar-refractivity contribution >= 4 is 23.4 Å². The van der Waals surface area contributed by atoms with Crippen molar-refractivity contribution in [3.8, 4) is 0 Å². The number of nitrogens with zero attached hydrogens (tertiary/aromatic N) is 5. The van der Waals surface area contributed by atoms with Gasteiger partial charge in [0.2, 0.25) is 0 Å². The Bertz CT molecular complexity index is 965. The smallest absolute Gasteiger partial charge is 0.255 e. The molecule has 0 aromatic carbocycles. The van der Waals surface area contributed by atoms with Crippen LogP contribution in [0, 0.1) is 20.8 Å². The van der Waals surface area contributed by atoms with E-state index in [1.54, 1.807) is 10.9 Å². The molecule has 3 heterocycles. The van der Waals surface area contributed by atoms with Gasteiger partial charge in [-0.2, -0.15) is 5.10 Å². The summed E-state index contributed by atoms with van der Waals surface area (Å²) in [5, 5.41) is 21.6. The second-order valence-corrected chi connectivity index (χ2v) is 6.50. The molecule has 146 valence electrons. The zero-order chi connectivity index (χ0) is 20.1. The van der Waals surface area contributed by atoms with Crippen LogP contribution < -0.4 is 16.0 Å². The van der Waals surface area contributed by atoms with Gasteiger partial charge in [0.25, 0.3) is 5.91 Å².